The van der Waals surface area contributed by atoms with Crippen LogP contribution in [0.4, 0.5) is 0 Å². The first kappa shape index (κ1) is 35.6. The Morgan fingerprint density at radius 1 is 0.710 bits per heavy atom. The molecule has 4 nitrogen and oxygen atoms in total. The summed E-state index contributed by atoms with van der Waals surface area (Å²) in [6, 6.07) is 0. The number of nitrogens with zero attached hydrogens (tertiary/aromatic N) is 1. The molecule has 6 heteroatoms. The molecule has 0 radical (unpaired) electrons. The molecule has 190 valence electrons. The third-order valence-electron chi connectivity index (χ3n) is 5.86. The van der Waals surface area contributed by atoms with Gasteiger partial charge in [0.2, 0.25) is 0 Å². The molecule has 0 unspecified atom stereocenters. The Labute approximate surface area is 207 Å². The highest BCUT2D eigenvalue weighted by Crippen LogP contribution is 2.13. The first-order valence-corrected chi connectivity index (χ1v) is 12.7. The average molecular weight is 485 g/mol. The summed E-state index contributed by atoms with van der Waals surface area (Å²) in [5.74, 6) is 0.203. The minimum atomic E-state index is 0. The first-order chi connectivity index (χ1) is 13.9. The van der Waals surface area contributed by atoms with E-state index in [1.165, 1.54) is 94.8 Å². The number of quaternary nitrogens is 2. The monoisotopic (exact) mass is 483 g/mol. The van der Waals surface area contributed by atoms with Gasteiger partial charge in [0.25, 0.3) is 5.91 Å². The number of nitrogens with one attached hydrogen (secondary N) is 2. The van der Waals surface area contributed by atoms with Gasteiger partial charge in [-0.3, -0.25) is 4.79 Å². The summed E-state index contributed by atoms with van der Waals surface area (Å²) in [5, 5.41) is 3.08. The lowest BCUT2D eigenvalue weighted by Gasteiger charge is -2.29. The molecular weight excluding hydrogens is 429 g/mol. The molecule has 0 aromatic heterocycles. The van der Waals surface area contributed by atoms with E-state index in [1.54, 1.807) is 0 Å². The van der Waals surface area contributed by atoms with Crippen LogP contribution in [0.15, 0.2) is 0 Å². The summed E-state index contributed by atoms with van der Waals surface area (Å²) in [7, 11) is 8.67. The Morgan fingerprint density at radius 2 is 1.13 bits per heavy atom. The van der Waals surface area contributed by atoms with Gasteiger partial charge in [0.1, 0.15) is 0 Å². The second-order valence-corrected chi connectivity index (χ2v) is 10.1. The zero-order valence-electron chi connectivity index (χ0n) is 21.5. The number of hydrogen-bond donors (Lipinski definition) is 2. The Bertz CT molecular complexity index is 380. The lowest BCUT2D eigenvalue weighted by molar-refractivity contribution is -0.882. The van der Waals surface area contributed by atoms with Gasteiger partial charge in [-0.15, -0.1) is 0 Å². The van der Waals surface area contributed by atoms with Gasteiger partial charge in [0, 0.05) is 13.0 Å². The van der Waals surface area contributed by atoms with E-state index in [0.717, 1.165) is 30.5 Å². The van der Waals surface area contributed by atoms with E-state index in [9.17, 15) is 4.79 Å². The third kappa shape index (κ3) is 27.9. The van der Waals surface area contributed by atoms with Gasteiger partial charge in [-0.05, 0) is 12.8 Å². The molecule has 0 rings (SSSR count). The van der Waals surface area contributed by atoms with Gasteiger partial charge >= 0.3 is 0 Å². The molecule has 0 saturated heterocycles. The predicted molar refractivity (Wildman–Crippen MR) is 127 cm³/mol. The summed E-state index contributed by atoms with van der Waals surface area (Å²) in [5.41, 5.74) is 0. The molecule has 0 heterocycles. The minimum absolute atomic E-state index is 0. The van der Waals surface area contributed by atoms with Crippen LogP contribution in [0.3, 0.4) is 0 Å². The molecule has 0 atom stereocenters. The van der Waals surface area contributed by atoms with Crippen molar-refractivity contribution in [1.29, 1.82) is 0 Å². The molecule has 31 heavy (non-hydrogen) atoms. The smallest absolute Gasteiger partial charge is 0.275 e. The average Bonchev–Trinajstić information content (AvgIpc) is 2.65. The zero-order valence-corrected chi connectivity index (χ0v) is 23.1. The Hall–Kier alpha value is -0.0300. The summed E-state index contributed by atoms with van der Waals surface area (Å²) >= 11 is 0. The summed E-state index contributed by atoms with van der Waals surface area (Å²) in [4.78, 5) is 13.6. The van der Waals surface area contributed by atoms with E-state index in [4.69, 9.17) is 0 Å². The number of likely N-dealkylation sites (N-methyl/N-ethyl adjacent to an activating group) is 1. The van der Waals surface area contributed by atoms with Crippen LogP contribution in [0.5, 0.6) is 0 Å². The molecule has 0 aromatic rings. The van der Waals surface area contributed by atoms with Crippen LogP contribution in [0.25, 0.3) is 0 Å². The SMILES string of the molecule is CCCCCCCCCCCCCCCC[N+](C)(C)CC(=O)NCCC[NH+](C)C.[Cl-].[Cl-]. The van der Waals surface area contributed by atoms with E-state index < -0.39 is 0 Å². The highest BCUT2D eigenvalue weighted by atomic mass is 35.5. The third-order valence-corrected chi connectivity index (χ3v) is 5.86. The molecular formula is C25H55Cl2N3O. The van der Waals surface area contributed by atoms with E-state index in [2.05, 4.69) is 40.4 Å². The van der Waals surface area contributed by atoms with E-state index >= 15 is 0 Å². The second kappa shape index (κ2) is 24.6. The van der Waals surface area contributed by atoms with Crippen LogP contribution in [0.1, 0.15) is 103 Å². The van der Waals surface area contributed by atoms with Gasteiger partial charge in [0.15, 0.2) is 6.54 Å². The molecule has 2 N–H and O–H groups in total. The van der Waals surface area contributed by atoms with Crippen molar-refractivity contribution in [2.45, 2.75) is 103 Å². The number of carbonyl (C=O) groups excluding carboxylic acids is 1. The van der Waals surface area contributed by atoms with E-state index in [0.29, 0.717) is 6.54 Å². The van der Waals surface area contributed by atoms with Crippen LogP contribution in [0.2, 0.25) is 0 Å². The number of hydrogen-bond acceptors (Lipinski definition) is 1. The zero-order chi connectivity index (χ0) is 21.8. The molecule has 0 aliphatic rings. The maximum atomic E-state index is 12.1. The van der Waals surface area contributed by atoms with Crippen LogP contribution < -0.4 is 35.0 Å². The fourth-order valence-electron chi connectivity index (χ4n) is 3.93. The number of rotatable bonds is 21. The quantitative estimate of drug-likeness (QED) is 0.146. The van der Waals surface area contributed by atoms with Gasteiger partial charge in [-0.1, -0.05) is 84.0 Å². The largest absolute Gasteiger partial charge is 1.00 e. The maximum absolute atomic E-state index is 12.1. The Balaban J connectivity index is -0.00000392. The van der Waals surface area contributed by atoms with Gasteiger partial charge in [-0.2, -0.15) is 0 Å². The lowest BCUT2D eigenvalue weighted by Crippen LogP contribution is -3.05. The molecule has 0 aromatic carbocycles. The lowest BCUT2D eigenvalue weighted by atomic mass is 10.0. The maximum Gasteiger partial charge on any atom is 0.275 e. The van der Waals surface area contributed by atoms with Crippen LogP contribution in [-0.4, -0.2) is 64.8 Å². The van der Waals surface area contributed by atoms with Gasteiger partial charge < -0.3 is 39.5 Å². The van der Waals surface area contributed by atoms with E-state index in [1.807, 2.05) is 0 Å². The van der Waals surface area contributed by atoms with Crippen LogP contribution in [-0.2, 0) is 4.79 Å². The summed E-state index contributed by atoms with van der Waals surface area (Å²) in [6.07, 6.45) is 20.6. The minimum Gasteiger partial charge on any atom is -1.00 e. The fraction of sp³-hybridized carbons (Fsp3) is 0.960. The van der Waals surface area contributed by atoms with Crippen molar-refractivity contribution in [1.82, 2.24) is 5.32 Å². The van der Waals surface area contributed by atoms with E-state index in [-0.39, 0.29) is 30.7 Å². The molecule has 0 saturated carbocycles. The predicted octanol–water partition coefficient (Wildman–Crippen LogP) is -1.80. The van der Waals surface area contributed by atoms with Crippen LogP contribution >= 0.6 is 0 Å². The number of amides is 1. The van der Waals surface area contributed by atoms with Crippen molar-refractivity contribution < 1.29 is 39.0 Å². The van der Waals surface area contributed by atoms with Crippen molar-refractivity contribution >= 4 is 5.91 Å². The van der Waals surface area contributed by atoms with Crippen molar-refractivity contribution in [2.75, 3.05) is 54.4 Å². The summed E-state index contributed by atoms with van der Waals surface area (Å²) < 4.78 is 0.809. The topological polar surface area (TPSA) is 33.5 Å². The molecule has 1 amide bonds. The normalized spacial score (nSPS) is 11.2. The van der Waals surface area contributed by atoms with Crippen LogP contribution in [0, 0.1) is 0 Å². The number of unbranched alkanes of at least 4 members (excludes halogenated alkanes) is 13. The van der Waals surface area contributed by atoms with Gasteiger partial charge in [0.05, 0.1) is 41.3 Å². The van der Waals surface area contributed by atoms with Crippen molar-refractivity contribution in [2.24, 2.45) is 0 Å². The molecule has 0 aliphatic carbocycles. The number of halogens is 2. The number of carbonyl (C=O) groups is 1. The Kier molecular flexibility index (Phi) is 28.2. The fourth-order valence-corrected chi connectivity index (χ4v) is 3.93. The molecule has 0 bridgehead atoms. The summed E-state index contributed by atoms with van der Waals surface area (Å²) in [6.45, 7) is 5.91. The molecule has 0 fully saturated rings. The molecule has 0 spiro atoms. The second-order valence-electron chi connectivity index (χ2n) is 10.1. The standard InChI is InChI=1S/C25H53N3O.2ClH/c1-6-7-8-9-10-11-12-13-14-15-16-17-18-19-23-28(4,5)24-25(29)26-21-20-22-27(2)3;;/h6-24H2,1-5H3;2*1H. The van der Waals surface area contributed by atoms with Crippen molar-refractivity contribution in [3.8, 4) is 0 Å². The van der Waals surface area contributed by atoms with Gasteiger partial charge in [-0.25, -0.2) is 0 Å². The van der Waals surface area contributed by atoms with Crippen molar-refractivity contribution in [3.63, 3.8) is 0 Å². The Morgan fingerprint density at radius 3 is 1.55 bits per heavy atom. The first-order valence-electron chi connectivity index (χ1n) is 12.7. The highest BCUT2D eigenvalue weighted by molar-refractivity contribution is 5.76. The van der Waals surface area contributed by atoms with Crippen molar-refractivity contribution in [3.05, 3.63) is 0 Å². The molecule has 0 aliphatic heterocycles. The highest BCUT2D eigenvalue weighted by Gasteiger charge is 2.19.